The van der Waals surface area contributed by atoms with Crippen LogP contribution < -0.4 is 10.6 Å². The van der Waals surface area contributed by atoms with Crippen molar-refractivity contribution in [3.63, 3.8) is 0 Å². The van der Waals surface area contributed by atoms with Gasteiger partial charge in [0.25, 0.3) is 0 Å². The number of rotatable bonds is 8. The Morgan fingerprint density at radius 2 is 1.85 bits per heavy atom. The summed E-state index contributed by atoms with van der Waals surface area (Å²) in [5, 5.41) is 11.4. The third kappa shape index (κ3) is 7.06. The van der Waals surface area contributed by atoms with E-state index in [0.717, 1.165) is 37.6 Å². The summed E-state index contributed by atoms with van der Waals surface area (Å²) in [6.07, 6.45) is 2.01. The fraction of sp³-hybridized carbons (Fsp3) is 0.789. The van der Waals surface area contributed by atoms with Crippen molar-refractivity contribution in [1.82, 2.24) is 20.4 Å². The van der Waals surface area contributed by atoms with Crippen LogP contribution in [0.25, 0.3) is 0 Å². The van der Waals surface area contributed by atoms with E-state index in [4.69, 9.17) is 9.73 Å². The van der Waals surface area contributed by atoms with Gasteiger partial charge >= 0.3 is 0 Å². The first-order valence-corrected chi connectivity index (χ1v) is 9.36. The quantitative estimate of drug-likeness (QED) is 0.341. The van der Waals surface area contributed by atoms with Crippen LogP contribution in [0.1, 0.15) is 58.5 Å². The first kappa shape index (κ1) is 25.2. The summed E-state index contributed by atoms with van der Waals surface area (Å²) < 4.78 is 7.61. The second-order valence-electron chi connectivity index (χ2n) is 7.37. The van der Waals surface area contributed by atoms with Gasteiger partial charge in [0.2, 0.25) is 0 Å². The maximum atomic E-state index is 5.62. The van der Waals surface area contributed by atoms with Crippen molar-refractivity contribution in [2.45, 2.75) is 67.0 Å². The van der Waals surface area contributed by atoms with E-state index in [2.05, 4.69) is 57.3 Å². The van der Waals surface area contributed by atoms with Gasteiger partial charge in [0.1, 0.15) is 0 Å². The predicted octanol–water partition coefficient (Wildman–Crippen LogP) is 3.28. The van der Waals surface area contributed by atoms with Gasteiger partial charge in [0.05, 0.1) is 18.3 Å². The summed E-state index contributed by atoms with van der Waals surface area (Å²) >= 11 is 0. The molecule has 2 N–H and O–H groups in total. The average molecular weight is 479 g/mol. The molecule has 0 radical (unpaired) electrons. The molecule has 0 aliphatic heterocycles. The lowest BCUT2D eigenvalue weighted by Crippen LogP contribution is -2.45. The van der Waals surface area contributed by atoms with Crippen LogP contribution in [0.2, 0.25) is 0 Å². The van der Waals surface area contributed by atoms with Crippen LogP contribution in [-0.4, -0.2) is 42.0 Å². The van der Waals surface area contributed by atoms with Gasteiger partial charge in [-0.2, -0.15) is 5.10 Å². The molecule has 1 unspecified atom stereocenters. The van der Waals surface area contributed by atoms with Crippen molar-refractivity contribution in [3.8, 4) is 0 Å². The van der Waals surface area contributed by atoms with Crippen molar-refractivity contribution in [2.24, 2.45) is 17.5 Å². The maximum absolute atomic E-state index is 5.62. The fourth-order valence-corrected chi connectivity index (χ4v) is 3.00. The summed E-state index contributed by atoms with van der Waals surface area (Å²) in [6.45, 7) is 15.1. The number of nitrogens with one attached hydrogen (secondary N) is 2. The molecular formula is C19H38IN5O. The molecule has 1 aromatic rings. The Morgan fingerprint density at radius 3 is 2.31 bits per heavy atom. The standard InChI is InChI=1S/C19H37N5O.HI/c1-9-15-14(16(10-2)24(7)23-15)12-21-18(20-11-3)22-13-17(25-8)19(4,5)6;/h17H,9-13H2,1-8H3,(H2,20,21,22);1H. The minimum atomic E-state index is 0. The fourth-order valence-electron chi connectivity index (χ4n) is 3.00. The molecule has 152 valence electrons. The monoisotopic (exact) mass is 479 g/mol. The zero-order valence-corrected chi connectivity index (χ0v) is 20.1. The third-order valence-electron chi connectivity index (χ3n) is 4.47. The van der Waals surface area contributed by atoms with Crippen LogP contribution >= 0.6 is 24.0 Å². The average Bonchev–Trinajstić information content (AvgIpc) is 2.86. The minimum absolute atomic E-state index is 0. The number of nitrogens with zero attached hydrogens (tertiary/aromatic N) is 3. The molecule has 0 bridgehead atoms. The Morgan fingerprint density at radius 1 is 1.19 bits per heavy atom. The number of methoxy groups -OCH3 is 1. The van der Waals surface area contributed by atoms with E-state index >= 15 is 0 Å². The Kier molecular flexibility index (Phi) is 11.4. The molecule has 0 fully saturated rings. The van der Waals surface area contributed by atoms with Crippen LogP contribution in [0, 0.1) is 5.41 Å². The van der Waals surface area contributed by atoms with E-state index in [9.17, 15) is 0 Å². The molecule has 0 aromatic carbocycles. The molecular weight excluding hydrogens is 441 g/mol. The van der Waals surface area contributed by atoms with Crippen molar-refractivity contribution >= 4 is 29.9 Å². The maximum Gasteiger partial charge on any atom is 0.191 e. The van der Waals surface area contributed by atoms with Gasteiger partial charge < -0.3 is 15.4 Å². The van der Waals surface area contributed by atoms with Crippen molar-refractivity contribution < 1.29 is 4.74 Å². The lowest BCUT2D eigenvalue weighted by Gasteiger charge is -2.30. The van der Waals surface area contributed by atoms with E-state index in [0.29, 0.717) is 6.54 Å². The van der Waals surface area contributed by atoms with E-state index in [-0.39, 0.29) is 35.5 Å². The van der Waals surface area contributed by atoms with Gasteiger partial charge in [-0.15, -0.1) is 24.0 Å². The van der Waals surface area contributed by atoms with Crippen molar-refractivity contribution in [3.05, 3.63) is 17.0 Å². The van der Waals surface area contributed by atoms with Crippen molar-refractivity contribution in [2.75, 3.05) is 20.2 Å². The van der Waals surface area contributed by atoms with E-state index < -0.39 is 0 Å². The molecule has 7 heteroatoms. The lowest BCUT2D eigenvalue weighted by molar-refractivity contribution is 0.0205. The second-order valence-corrected chi connectivity index (χ2v) is 7.37. The predicted molar refractivity (Wildman–Crippen MR) is 120 cm³/mol. The molecule has 0 saturated carbocycles. The lowest BCUT2D eigenvalue weighted by atomic mass is 9.89. The summed E-state index contributed by atoms with van der Waals surface area (Å²) in [6, 6.07) is 0. The van der Waals surface area contributed by atoms with Crippen LogP contribution in [0.5, 0.6) is 0 Å². The molecule has 1 rings (SSSR count). The highest BCUT2D eigenvalue weighted by Crippen LogP contribution is 2.21. The SMILES string of the molecule is CCNC(=NCc1c(CC)nn(C)c1CC)NCC(OC)C(C)(C)C.I. The van der Waals surface area contributed by atoms with Gasteiger partial charge in [-0.3, -0.25) is 4.68 Å². The molecule has 0 aliphatic rings. The van der Waals surface area contributed by atoms with Crippen LogP contribution in [0.15, 0.2) is 4.99 Å². The zero-order chi connectivity index (χ0) is 19.0. The molecule has 0 aliphatic carbocycles. The number of guanidine groups is 1. The molecule has 1 atom stereocenters. The normalized spacial score (nSPS) is 13.3. The highest BCUT2D eigenvalue weighted by atomic mass is 127. The molecule has 0 spiro atoms. The van der Waals surface area contributed by atoms with Crippen LogP contribution in [0.3, 0.4) is 0 Å². The van der Waals surface area contributed by atoms with Gasteiger partial charge in [-0.05, 0) is 25.2 Å². The van der Waals surface area contributed by atoms with E-state index in [1.165, 1.54) is 11.3 Å². The largest absolute Gasteiger partial charge is 0.379 e. The van der Waals surface area contributed by atoms with Gasteiger partial charge in [-0.25, -0.2) is 4.99 Å². The van der Waals surface area contributed by atoms with Gasteiger partial charge in [0.15, 0.2) is 5.96 Å². The zero-order valence-electron chi connectivity index (χ0n) is 17.8. The van der Waals surface area contributed by atoms with Gasteiger partial charge in [0, 0.05) is 38.5 Å². The topological polar surface area (TPSA) is 63.5 Å². The third-order valence-corrected chi connectivity index (χ3v) is 4.47. The summed E-state index contributed by atoms with van der Waals surface area (Å²) in [7, 11) is 3.78. The molecule has 26 heavy (non-hydrogen) atoms. The number of ether oxygens (including phenoxy) is 1. The number of hydrogen-bond donors (Lipinski definition) is 2. The number of hydrogen-bond acceptors (Lipinski definition) is 3. The van der Waals surface area contributed by atoms with Crippen LogP contribution in [-0.2, 0) is 31.2 Å². The van der Waals surface area contributed by atoms with E-state index in [1.807, 2.05) is 11.7 Å². The highest BCUT2D eigenvalue weighted by Gasteiger charge is 2.24. The van der Waals surface area contributed by atoms with Crippen molar-refractivity contribution in [1.29, 1.82) is 0 Å². The Balaban J connectivity index is 0.00000625. The van der Waals surface area contributed by atoms with E-state index in [1.54, 1.807) is 7.11 Å². The Hall–Kier alpha value is -0.830. The van der Waals surface area contributed by atoms with Gasteiger partial charge in [-0.1, -0.05) is 34.6 Å². The summed E-state index contributed by atoms with van der Waals surface area (Å²) in [5.41, 5.74) is 3.74. The highest BCUT2D eigenvalue weighted by molar-refractivity contribution is 14.0. The molecule has 1 aromatic heterocycles. The molecule has 0 saturated heterocycles. The Labute approximate surface area is 176 Å². The Bertz CT molecular complexity index is 563. The molecule has 6 nitrogen and oxygen atoms in total. The summed E-state index contributed by atoms with van der Waals surface area (Å²) in [5.74, 6) is 0.821. The first-order valence-electron chi connectivity index (χ1n) is 9.36. The first-order chi connectivity index (χ1) is 11.8. The summed E-state index contributed by atoms with van der Waals surface area (Å²) in [4.78, 5) is 4.79. The number of halogens is 1. The van der Waals surface area contributed by atoms with Crippen LogP contribution in [0.4, 0.5) is 0 Å². The molecule has 0 amide bonds. The number of aliphatic imine (C=N–C) groups is 1. The molecule has 1 heterocycles. The number of aromatic nitrogens is 2. The smallest absolute Gasteiger partial charge is 0.191 e. The minimum Gasteiger partial charge on any atom is -0.379 e. The number of aryl methyl sites for hydroxylation is 2. The second kappa shape index (κ2) is 11.8.